The molecule has 0 aliphatic carbocycles. The summed E-state index contributed by atoms with van der Waals surface area (Å²) >= 11 is 6.12. The molecule has 1 atom stereocenters. The number of aromatic nitrogens is 2. The molecule has 0 radical (unpaired) electrons. The molecule has 0 saturated carbocycles. The van der Waals surface area contributed by atoms with E-state index in [-0.39, 0.29) is 6.04 Å². The van der Waals surface area contributed by atoms with E-state index >= 15 is 0 Å². The highest BCUT2D eigenvalue weighted by atomic mass is 35.5. The van der Waals surface area contributed by atoms with E-state index < -0.39 is 0 Å². The van der Waals surface area contributed by atoms with Crippen molar-refractivity contribution in [1.82, 2.24) is 15.1 Å². The number of rotatable bonds is 4. The van der Waals surface area contributed by atoms with Crippen molar-refractivity contribution in [2.75, 3.05) is 31.1 Å². The van der Waals surface area contributed by atoms with Gasteiger partial charge in [-0.3, -0.25) is 4.90 Å². The Morgan fingerprint density at radius 1 is 1.00 bits per heavy atom. The molecule has 2 heterocycles. The third kappa shape index (κ3) is 3.99. The van der Waals surface area contributed by atoms with Crippen molar-refractivity contribution < 1.29 is 4.42 Å². The molecular formula is C21H23ClN4O. The number of aryl methyl sites for hydroxylation is 1. The van der Waals surface area contributed by atoms with E-state index in [0.717, 1.165) is 36.8 Å². The van der Waals surface area contributed by atoms with E-state index in [1.807, 2.05) is 30.3 Å². The zero-order chi connectivity index (χ0) is 18.8. The van der Waals surface area contributed by atoms with Crippen molar-refractivity contribution in [2.24, 2.45) is 0 Å². The van der Waals surface area contributed by atoms with Crippen LogP contribution in [0.15, 0.2) is 52.9 Å². The summed E-state index contributed by atoms with van der Waals surface area (Å²) in [4.78, 5) is 4.75. The van der Waals surface area contributed by atoms with Gasteiger partial charge in [0.05, 0.1) is 6.04 Å². The topological polar surface area (TPSA) is 45.4 Å². The normalized spacial score (nSPS) is 16.5. The first-order chi connectivity index (χ1) is 13.1. The van der Waals surface area contributed by atoms with Gasteiger partial charge in [-0.1, -0.05) is 35.4 Å². The molecule has 4 rings (SSSR count). The van der Waals surface area contributed by atoms with Gasteiger partial charge in [-0.15, -0.1) is 10.2 Å². The third-order valence-electron chi connectivity index (χ3n) is 5.10. The number of piperazine rings is 1. The first-order valence-corrected chi connectivity index (χ1v) is 9.63. The van der Waals surface area contributed by atoms with Crippen molar-refractivity contribution in [3.63, 3.8) is 0 Å². The molecule has 140 valence electrons. The second-order valence-electron chi connectivity index (χ2n) is 6.99. The Morgan fingerprint density at radius 2 is 1.78 bits per heavy atom. The fraction of sp³-hybridized carbons (Fsp3) is 0.333. The fourth-order valence-corrected chi connectivity index (χ4v) is 3.68. The summed E-state index contributed by atoms with van der Waals surface area (Å²) in [5.74, 6) is 1.25. The zero-order valence-corrected chi connectivity index (χ0v) is 16.4. The lowest BCUT2D eigenvalue weighted by Gasteiger charge is -2.38. The smallest absolute Gasteiger partial charge is 0.247 e. The predicted octanol–water partition coefficient (Wildman–Crippen LogP) is 4.58. The van der Waals surface area contributed by atoms with Gasteiger partial charge >= 0.3 is 0 Å². The van der Waals surface area contributed by atoms with Crippen LogP contribution in [0, 0.1) is 6.92 Å². The lowest BCUT2D eigenvalue weighted by molar-refractivity contribution is 0.174. The zero-order valence-electron chi connectivity index (χ0n) is 15.6. The van der Waals surface area contributed by atoms with Crippen LogP contribution in [0.25, 0.3) is 11.5 Å². The molecule has 2 aromatic carbocycles. The summed E-state index contributed by atoms with van der Waals surface area (Å²) in [6, 6.07) is 16.3. The average molecular weight is 383 g/mol. The van der Waals surface area contributed by atoms with Crippen molar-refractivity contribution in [1.29, 1.82) is 0 Å². The van der Waals surface area contributed by atoms with Crippen LogP contribution in [0.1, 0.15) is 24.4 Å². The van der Waals surface area contributed by atoms with Gasteiger partial charge in [0.15, 0.2) is 0 Å². The SMILES string of the molecule is Cc1cccc(-c2nnc([C@@H](C)N3CCN(c4cccc(Cl)c4)CC3)o2)c1. The number of nitrogens with zero attached hydrogens (tertiary/aromatic N) is 4. The van der Waals surface area contributed by atoms with E-state index in [0.29, 0.717) is 11.8 Å². The Kier molecular flexibility index (Phi) is 5.14. The summed E-state index contributed by atoms with van der Waals surface area (Å²) in [6.45, 7) is 7.96. The van der Waals surface area contributed by atoms with Crippen molar-refractivity contribution in [3.8, 4) is 11.5 Å². The van der Waals surface area contributed by atoms with Crippen molar-refractivity contribution >= 4 is 17.3 Å². The molecule has 0 amide bonds. The minimum Gasteiger partial charge on any atom is -0.419 e. The van der Waals surface area contributed by atoms with Crippen LogP contribution in [-0.4, -0.2) is 41.3 Å². The molecule has 1 aliphatic rings. The molecule has 1 fully saturated rings. The largest absolute Gasteiger partial charge is 0.419 e. The number of anilines is 1. The van der Waals surface area contributed by atoms with E-state index in [1.165, 1.54) is 11.3 Å². The van der Waals surface area contributed by atoms with Crippen molar-refractivity contribution in [2.45, 2.75) is 19.9 Å². The molecule has 0 N–H and O–H groups in total. The summed E-state index contributed by atoms with van der Waals surface area (Å²) in [5, 5.41) is 9.32. The minimum atomic E-state index is 0.0950. The van der Waals surface area contributed by atoms with Gasteiger partial charge < -0.3 is 9.32 Å². The molecule has 1 aliphatic heterocycles. The summed E-state index contributed by atoms with van der Waals surface area (Å²) in [5.41, 5.74) is 3.32. The summed E-state index contributed by atoms with van der Waals surface area (Å²) in [7, 11) is 0. The van der Waals surface area contributed by atoms with E-state index in [4.69, 9.17) is 16.0 Å². The Labute approximate surface area is 164 Å². The monoisotopic (exact) mass is 382 g/mol. The number of hydrogen-bond acceptors (Lipinski definition) is 5. The highest BCUT2D eigenvalue weighted by Gasteiger charge is 2.26. The van der Waals surface area contributed by atoms with Crippen molar-refractivity contribution in [3.05, 3.63) is 65.0 Å². The van der Waals surface area contributed by atoms with Crippen LogP contribution < -0.4 is 4.90 Å². The standard InChI is InChI=1S/C21H23ClN4O/c1-15-5-3-6-17(13-15)21-24-23-20(27-21)16(2)25-9-11-26(12-10-25)19-8-4-7-18(22)14-19/h3-8,13-14,16H,9-12H2,1-2H3/t16-/m1/s1. The quantitative estimate of drug-likeness (QED) is 0.660. The Balaban J connectivity index is 1.42. The summed E-state index contributed by atoms with van der Waals surface area (Å²) < 4.78 is 5.97. The average Bonchev–Trinajstić information content (AvgIpc) is 3.18. The van der Waals surface area contributed by atoms with Crippen LogP contribution in [0.3, 0.4) is 0 Å². The van der Waals surface area contributed by atoms with Gasteiger partial charge in [0.2, 0.25) is 11.8 Å². The van der Waals surface area contributed by atoms with E-state index in [9.17, 15) is 0 Å². The molecule has 0 unspecified atom stereocenters. The van der Waals surface area contributed by atoms with Gasteiger partial charge in [0, 0.05) is 42.5 Å². The predicted molar refractivity (Wildman–Crippen MR) is 108 cm³/mol. The van der Waals surface area contributed by atoms with Crippen LogP contribution in [0.2, 0.25) is 5.02 Å². The third-order valence-corrected chi connectivity index (χ3v) is 5.33. The molecule has 6 heteroatoms. The second-order valence-corrected chi connectivity index (χ2v) is 7.43. The van der Waals surface area contributed by atoms with E-state index in [2.05, 4.69) is 52.0 Å². The first kappa shape index (κ1) is 18.0. The maximum absolute atomic E-state index is 6.12. The molecule has 0 spiro atoms. The van der Waals surface area contributed by atoms with Crippen LogP contribution in [0.4, 0.5) is 5.69 Å². The maximum Gasteiger partial charge on any atom is 0.247 e. The van der Waals surface area contributed by atoms with Crippen LogP contribution in [0.5, 0.6) is 0 Å². The lowest BCUT2D eigenvalue weighted by atomic mass is 10.1. The lowest BCUT2D eigenvalue weighted by Crippen LogP contribution is -2.47. The minimum absolute atomic E-state index is 0.0950. The second kappa shape index (κ2) is 7.71. The molecular weight excluding hydrogens is 360 g/mol. The molecule has 27 heavy (non-hydrogen) atoms. The van der Waals surface area contributed by atoms with Gasteiger partial charge in [-0.05, 0) is 44.2 Å². The number of hydrogen-bond donors (Lipinski definition) is 0. The molecule has 1 saturated heterocycles. The van der Waals surface area contributed by atoms with Crippen LogP contribution in [-0.2, 0) is 0 Å². The Bertz CT molecular complexity index is 918. The highest BCUT2D eigenvalue weighted by molar-refractivity contribution is 6.30. The van der Waals surface area contributed by atoms with Gasteiger partial charge in [-0.2, -0.15) is 0 Å². The molecule has 5 nitrogen and oxygen atoms in total. The summed E-state index contributed by atoms with van der Waals surface area (Å²) in [6.07, 6.45) is 0. The fourth-order valence-electron chi connectivity index (χ4n) is 3.49. The van der Waals surface area contributed by atoms with E-state index in [1.54, 1.807) is 0 Å². The highest BCUT2D eigenvalue weighted by Crippen LogP contribution is 2.27. The number of halogens is 1. The maximum atomic E-state index is 6.12. The van der Waals surface area contributed by atoms with Gasteiger partial charge in [0.25, 0.3) is 0 Å². The Morgan fingerprint density at radius 3 is 2.52 bits per heavy atom. The molecule has 3 aromatic rings. The van der Waals surface area contributed by atoms with Gasteiger partial charge in [0.1, 0.15) is 0 Å². The first-order valence-electron chi connectivity index (χ1n) is 9.25. The van der Waals surface area contributed by atoms with Gasteiger partial charge in [-0.25, -0.2) is 0 Å². The number of benzene rings is 2. The Hall–Kier alpha value is -2.37. The van der Waals surface area contributed by atoms with Crippen LogP contribution >= 0.6 is 11.6 Å². The molecule has 0 bridgehead atoms. The molecule has 1 aromatic heterocycles.